The molecule has 158 valence electrons. The highest BCUT2D eigenvalue weighted by atomic mass is 32.1. The van der Waals surface area contributed by atoms with Gasteiger partial charge < -0.3 is 9.64 Å². The van der Waals surface area contributed by atoms with E-state index in [4.69, 9.17) is 4.74 Å². The molecule has 0 N–H and O–H groups in total. The topological polar surface area (TPSA) is 46.8 Å². The zero-order chi connectivity index (χ0) is 21.4. The molecule has 0 saturated heterocycles. The number of carbonyl (C=O) groups excluding carboxylic acids is 1. The average molecular weight is 436 g/mol. The van der Waals surface area contributed by atoms with Crippen LogP contribution in [-0.4, -0.2) is 39.9 Å². The number of methoxy groups -OCH3 is 1. The monoisotopic (exact) mass is 435 g/mol. The SMILES string of the molecule is COc1ccccc1C(=O)N(CCc1csc2nc(-c3ccc(F)cc3)cn12)C1CC1. The Balaban J connectivity index is 1.36. The van der Waals surface area contributed by atoms with Crippen LogP contribution in [0.3, 0.4) is 0 Å². The molecule has 4 aromatic rings. The predicted octanol–water partition coefficient (Wildman–Crippen LogP) is 5.06. The van der Waals surface area contributed by atoms with Crippen molar-refractivity contribution in [3.8, 4) is 17.0 Å². The molecule has 31 heavy (non-hydrogen) atoms. The lowest BCUT2D eigenvalue weighted by atomic mass is 10.1. The smallest absolute Gasteiger partial charge is 0.257 e. The van der Waals surface area contributed by atoms with Gasteiger partial charge in [-0.15, -0.1) is 11.3 Å². The van der Waals surface area contributed by atoms with E-state index >= 15 is 0 Å². The summed E-state index contributed by atoms with van der Waals surface area (Å²) in [7, 11) is 1.59. The molecule has 5 nitrogen and oxygen atoms in total. The van der Waals surface area contributed by atoms with Gasteiger partial charge in [0.15, 0.2) is 4.96 Å². The van der Waals surface area contributed by atoms with E-state index in [9.17, 15) is 9.18 Å². The van der Waals surface area contributed by atoms with Crippen LogP contribution in [0.5, 0.6) is 5.75 Å². The van der Waals surface area contributed by atoms with Gasteiger partial charge in [-0.2, -0.15) is 0 Å². The lowest BCUT2D eigenvalue weighted by Crippen LogP contribution is -2.35. The third kappa shape index (κ3) is 3.93. The van der Waals surface area contributed by atoms with Gasteiger partial charge in [-0.25, -0.2) is 9.37 Å². The summed E-state index contributed by atoms with van der Waals surface area (Å²) < 4.78 is 20.7. The molecular formula is C24H22FN3O2S. The average Bonchev–Trinajstić information content (AvgIpc) is 3.43. The van der Waals surface area contributed by atoms with Gasteiger partial charge in [0.25, 0.3) is 5.91 Å². The van der Waals surface area contributed by atoms with Crippen molar-refractivity contribution < 1.29 is 13.9 Å². The van der Waals surface area contributed by atoms with Crippen molar-refractivity contribution in [2.75, 3.05) is 13.7 Å². The van der Waals surface area contributed by atoms with Gasteiger partial charge in [0, 0.05) is 41.8 Å². The van der Waals surface area contributed by atoms with Crippen LogP contribution in [0.2, 0.25) is 0 Å². The van der Waals surface area contributed by atoms with Crippen LogP contribution in [0.1, 0.15) is 28.9 Å². The first-order valence-corrected chi connectivity index (χ1v) is 11.2. The van der Waals surface area contributed by atoms with E-state index in [0.29, 0.717) is 23.9 Å². The number of fused-ring (bicyclic) bond motifs is 1. The van der Waals surface area contributed by atoms with Crippen LogP contribution in [-0.2, 0) is 6.42 Å². The lowest BCUT2D eigenvalue weighted by molar-refractivity contribution is 0.0741. The number of hydrogen-bond donors (Lipinski definition) is 0. The summed E-state index contributed by atoms with van der Waals surface area (Å²) in [6.45, 7) is 0.636. The van der Waals surface area contributed by atoms with Gasteiger partial charge in [0.2, 0.25) is 0 Å². The second kappa shape index (κ2) is 8.15. The van der Waals surface area contributed by atoms with Crippen LogP contribution in [0.15, 0.2) is 60.1 Å². The fourth-order valence-corrected chi connectivity index (χ4v) is 4.72. The molecule has 1 fully saturated rings. The summed E-state index contributed by atoms with van der Waals surface area (Å²) in [5.41, 5.74) is 3.42. The van der Waals surface area contributed by atoms with E-state index in [-0.39, 0.29) is 11.7 Å². The molecule has 2 aromatic heterocycles. The Labute approximate surface area is 183 Å². The maximum atomic E-state index is 13.2. The highest BCUT2D eigenvalue weighted by Crippen LogP contribution is 2.31. The standard InChI is InChI=1S/C24H22FN3O2S/c1-30-22-5-3-2-4-20(22)23(29)27(18-10-11-18)13-12-19-15-31-24-26-21(14-28(19)24)16-6-8-17(25)9-7-16/h2-9,14-15,18H,10-13H2,1H3. The summed E-state index contributed by atoms with van der Waals surface area (Å²) in [6.07, 6.45) is 4.80. The number of para-hydroxylation sites is 1. The number of hydrogen-bond acceptors (Lipinski definition) is 4. The van der Waals surface area contributed by atoms with Crippen molar-refractivity contribution in [3.05, 3.63) is 77.2 Å². The number of halogens is 1. The second-order valence-electron chi connectivity index (χ2n) is 7.69. The van der Waals surface area contributed by atoms with Crippen molar-refractivity contribution in [3.63, 3.8) is 0 Å². The molecule has 7 heteroatoms. The van der Waals surface area contributed by atoms with Crippen molar-refractivity contribution in [2.45, 2.75) is 25.3 Å². The van der Waals surface area contributed by atoms with Gasteiger partial charge in [-0.1, -0.05) is 12.1 Å². The molecule has 0 unspecified atom stereocenters. The molecule has 0 atom stereocenters. The molecule has 0 radical (unpaired) electrons. The van der Waals surface area contributed by atoms with E-state index in [2.05, 4.69) is 14.8 Å². The number of ether oxygens (including phenoxy) is 1. The minimum absolute atomic E-state index is 0.0176. The molecule has 2 aromatic carbocycles. The highest BCUT2D eigenvalue weighted by Gasteiger charge is 2.33. The Morgan fingerprint density at radius 2 is 2.00 bits per heavy atom. The Morgan fingerprint density at radius 3 is 2.74 bits per heavy atom. The number of thiazole rings is 1. The zero-order valence-corrected chi connectivity index (χ0v) is 17.9. The Kier molecular flexibility index (Phi) is 5.19. The molecule has 0 spiro atoms. The van der Waals surface area contributed by atoms with E-state index in [1.807, 2.05) is 35.4 Å². The van der Waals surface area contributed by atoms with Gasteiger partial charge in [-0.3, -0.25) is 9.20 Å². The zero-order valence-electron chi connectivity index (χ0n) is 17.1. The number of imidazole rings is 1. The van der Waals surface area contributed by atoms with Gasteiger partial charge in [-0.05, 0) is 49.2 Å². The maximum Gasteiger partial charge on any atom is 0.257 e. The summed E-state index contributed by atoms with van der Waals surface area (Å²) in [6, 6.07) is 14.0. The van der Waals surface area contributed by atoms with Crippen molar-refractivity contribution in [2.24, 2.45) is 0 Å². The van der Waals surface area contributed by atoms with E-state index in [1.165, 1.54) is 12.1 Å². The maximum absolute atomic E-state index is 13.2. The molecule has 1 aliphatic rings. The fraction of sp³-hybridized carbons (Fsp3) is 0.250. The quantitative estimate of drug-likeness (QED) is 0.408. The predicted molar refractivity (Wildman–Crippen MR) is 119 cm³/mol. The van der Waals surface area contributed by atoms with Crippen LogP contribution in [0, 0.1) is 5.82 Å². The number of rotatable bonds is 7. The second-order valence-corrected chi connectivity index (χ2v) is 8.53. The highest BCUT2D eigenvalue weighted by molar-refractivity contribution is 7.15. The van der Waals surface area contributed by atoms with Crippen LogP contribution in [0.4, 0.5) is 4.39 Å². The lowest BCUT2D eigenvalue weighted by Gasteiger charge is -2.23. The van der Waals surface area contributed by atoms with E-state index in [0.717, 1.165) is 41.2 Å². The van der Waals surface area contributed by atoms with Crippen molar-refractivity contribution in [1.29, 1.82) is 0 Å². The molecular weight excluding hydrogens is 413 g/mol. The number of benzene rings is 2. The Morgan fingerprint density at radius 1 is 1.23 bits per heavy atom. The Bertz CT molecular complexity index is 1230. The summed E-state index contributed by atoms with van der Waals surface area (Å²) in [5, 5.41) is 2.09. The number of carbonyl (C=O) groups is 1. The minimum Gasteiger partial charge on any atom is -0.496 e. The van der Waals surface area contributed by atoms with Gasteiger partial charge in [0.05, 0.1) is 18.4 Å². The normalized spacial score (nSPS) is 13.5. The molecule has 1 saturated carbocycles. The molecule has 0 aliphatic heterocycles. The molecule has 5 rings (SSSR count). The summed E-state index contributed by atoms with van der Waals surface area (Å²) in [4.78, 5) is 20.8. The molecule has 1 amide bonds. The van der Waals surface area contributed by atoms with Crippen LogP contribution < -0.4 is 4.74 Å². The summed E-state index contributed by atoms with van der Waals surface area (Å²) >= 11 is 1.57. The first-order chi connectivity index (χ1) is 15.1. The summed E-state index contributed by atoms with van der Waals surface area (Å²) in [5.74, 6) is 0.365. The number of amides is 1. The molecule has 2 heterocycles. The van der Waals surface area contributed by atoms with Gasteiger partial charge >= 0.3 is 0 Å². The van der Waals surface area contributed by atoms with E-state index in [1.54, 1.807) is 30.6 Å². The first-order valence-electron chi connectivity index (χ1n) is 10.3. The van der Waals surface area contributed by atoms with Crippen molar-refractivity contribution in [1.82, 2.24) is 14.3 Å². The van der Waals surface area contributed by atoms with Crippen molar-refractivity contribution >= 4 is 22.2 Å². The minimum atomic E-state index is -0.259. The number of nitrogens with zero attached hydrogens (tertiary/aromatic N) is 3. The Hall–Kier alpha value is -3.19. The van der Waals surface area contributed by atoms with Crippen LogP contribution >= 0.6 is 11.3 Å². The largest absolute Gasteiger partial charge is 0.496 e. The van der Waals surface area contributed by atoms with E-state index < -0.39 is 0 Å². The molecule has 0 bridgehead atoms. The van der Waals surface area contributed by atoms with Crippen LogP contribution in [0.25, 0.3) is 16.2 Å². The number of aromatic nitrogens is 2. The fourth-order valence-electron chi connectivity index (χ4n) is 3.82. The molecule has 1 aliphatic carbocycles. The third-order valence-electron chi connectivity index (χ3n) is 5.62. The first kappa shape index (κ1) is 19.8. The third-order valence-corrected chi connectivity index (χ3v) is 6.51. The van der Waals surface area contributed by atoms with Gasteiger partial charge in [0.1, 0.15) is 11.6 Å².